The Morgan fingerprint density at radius 2 is 1.69 bits per heavy atom. The Morgan fingerprint density at radius 1 is 0.931 bits per heavy atom. The third-order valence-electron chi connectivity index (χ3n) is 9.91. The van der Waals surface area contributed by atoms with Crippen LogP contribution >= 0.6 is 0 Å². The van der Waals surface area contributed by atoms with Gasteiger partial charge in [-0.25, -0.2) is 0 Å². The van der Waals surface area contributed by atoms with E-state index in [1.54, 1.807) is 5.57 Å². The second-order valence-corrected chi connectivity index (χ2v) is 11.3. The summed E-state index contributed by atoms with van der Waals surface area (Å²) in [5.74, 6) is 3.31. The van der Waals surface area contributed by atoms with Gasteiger partial charge in [0.15, 0.2) is 0 Å². The average Bonchev–Trinajstić information content (AvgIpc) is 3.06. The fourth-order valence-corrected chi connectivity index (χ4v) is 8.19. The molecule has 2 heteroatoms. The predicted molar refractivity (Wildman–Crippen MR) is 122 cm³/mol. The highest BCUT2D eigenvalue weighted by atomic mass is 16.3. The van der Waals surface area contributed by atoms with Crippen molar-refractivity contribution in [3.05, 3.63) is 35.9 Å². The summed E-state index contributed by atoms with van der Waals surface area (Å²) in [6.07, 6.45) is 12.6. The lowest BCUT2D eigenvalue weighted by molar-refractivity contribution is -0.115. The summed E-state index contributed by atoms with van der Waals surface area (Å²) < 4.78 is 0. The summed E-state index contributed by atoms with van der Waals surface area (Å²) >= 11 is 0. The molecule has 0 unspecified atom stereocenters. The van der Waals surface area contributed by atoms with Crippen molar-refractivity contribution in [3.8, 4) is 0 Å². The highest BCUT2D eigenvalue weighted by Gasteiger charge is 2.58. The topological polar surface area (TPSA) is 23.5 Å². The summed E-state index contributed by atoms with van der Waals surface area (Å²) in [6, 6.07) is 9.25. The quantitative estimate of drug-likeness (QED) is 0.651. The molecule has 1 N–H and O–H groups in total. The van der Waals surface area contributed by atoms with Gasteiger partial charge in [-0.15, -0.1) is 0 Å². The first kappa shape index (κ1) is 19.7. The lowest BCUT2D eigenvalue weighted by Crippen LogP contribution is -2.53. The Balaban J connectivity index is 1.40. The molecule has 0 saturated heterocycles. The minimum Gasteiger partial charge on any atom is -0.393 e. The van der Waals surface area contributed by atoms with Gasteiger partial charge in [0.2, 0.25) is 0 Å². The molecule has 0 radical (unpaired) electrons. The Hall–Kier alpha value is -1.28. The van der Waals surface area contributed by atoms with Crippen LogP contribution in [0.5, 0.6) is 0 Å². The van der Waals surface area contributed by atoms with E-state index in [1.165, 1.54) is 49.8 Å². The van der Waals surface area contributed by atoms with Gasteiger partial charge in [0.05, 0.1) is 6.10 Å². The molecule has 2 nitrogen and oxygen atoms in total. The second kappa shape index (κ2) is 6.87. The number of aliphatic hydroxyl groups excluding tert-OH is 1. The fourth-order valence-electron chi connectivity index (χ4n) is 8.19. The van der Waals surface area contributed by atoms with Crippen molar-refractivity contribution in [2.75, 3.05) is 19.0 Å². The molecular weight excluding hydrogens is 354 g/mol. The standard InChI is InChI=1S/C27H39NO/c1-26-15-13-21(29)17-19(26)7-10-22-24-12-11-23(27(24,2)16-14-25(22)26)18-5-8-20(9-6-18)28(3)4/h5-6,8-9,11,19,21-22,24-25,29H,7,10,12-17H2,1-4H3/t19-,21-,22-,24-,25-,26-,27+/m0/s1. The molecule has 0 amide bonds. The van der Waals surface area contributed by atoms with Crippen LogP contribution in [0.1, 0.15) is 70.8 Å². The van der Waals surface area contributed by atoms with E-state index in [0.717, 1.165) is 36.5 Å². The molecule has 29 heavy (non-hydrogen) atoms. The number of nitrogens with zero attached hydrogens (tertiary/aromatic N) is 1. The van der Waals surface area contributed by atoms with Gasteiger partial charge in [-0.2, -0.15) is 0 Å². The van der Waals surface area contributed by atoms with Gasteiger partial charge in [-0.1, -0.05) is 32.1 Å². The molecule has 4 aliphatic carbocycles. The molecule has 0 spiro atoms. The zero-order chi connectivity index (χ0) is 20.4. The minimum absolute atomic E-state index is 0.0385. The first-order valence-electron chi connectivity index (χ1n) is 12.0. The van der Waals surface area contributed by atoms with Crippen LogP contribution in [0.25, 0.3) is 5.57 Å². The maximum Gasteiger partial charge on any atom is 0.0543 e. The molecule has 7 atom stereocenters. The zero-order valence-corrected chi connectivity index (χ0v) is 18.8. The Labute approximate surface area is 177 Å². The van der Waals surface area contributed by atoms with Crippen LogP contribution in [-0.2, 0) is 0 Å². The van der Waals surface area contributed by atoms with Crippen molar-refractivity contribution in [2.45, 2.75) is 71.3 Å². The Bertz CT molecular complexity index is 795. The third-order valence-corrected chi connectivity index (χ3v) is 9.91. The molecule has 4 aliphatic rings. The van der Waals surface area contributed by atoms with Gasteiger partial charge in [0.1, 0.15) is 0 Å². The number of hydrogen-bond donors (Lipinski definition) is 1. The van der Waals surface area contributed by atoms with Crippen LogP contribution in [0.15, 0.2) is 30.3 Å². The van der Waals surface area contributed by atoms with E-state index in [1.807, 2.05) is 0 Å². The highest BCUT2D eigenvalue weighted by Crippen LogP contribution is 2.67. The number of rotatable bonds is 2. The molecule has 1 aromatic rings. The maximum absolute atomic E-state index is 10.3. The highest BCUT2D eigenvalue weighted by molar-refractivity contribution is 5.74. The first-order chi connectivity index (χ1) is 13.8. The number of anilines is 1. The number of allylic oxidation sites excluding steroid dienone is 2. The van der Waals surface area contributed by atoms with Crippen molar-refractivity contribution < 1.29 is 5.11 Å². The molecule has 0 aliphatic heterocycles. The van der Waals surface area contributed by atoms with E-state index in [9.17, 15) is 5.11 Å². The molecule has 0 aromatic heterocycles. The summed E-state index contributed by atoms with van der Waals surface area (Å²) in [4.78, 5) is 2.18. The average molecular weight is 394 g/mol. The SMILES string of the molecule is CN(C)c1ccc(C2=CC[C@H]3[C@@H]4CC[C@H]5C[C@@H](O)CC[C@]5(C)[C@H]4CC[C@]23C)cc1. The van der Waals surface area contributed by atoms with Crippen molar-refractivity contribution >= 4 is 11.3 Å². The van der Waals surface area contributed by atoms with E-state index in [4.69, 9.17) is 0 Å². The van der Waals surface area contributed by atoms with Crippen LogP contribution in [0.4, 0.5) is 5.69 Å². The van der Waals surface area contributed by atoms with Crippen LogP contribution in [-0.4, -0.2) is 25.3 Å². The van der Waals surface area contributed by atoms with E-state index < -0.39 is 0 Å². The molecule has 3 fully saturated rings. The van der Waals surface area contributed by atoms with Crippen molar-refractivity contribution in [1.82, 2.24) is 0 Å². The predicted octanol–water partition coefficient (Wildman–Crippen LogP) is 6.15. The van der Waals surface area contributed by atoms with Crippen LogP contribution in [0.3, 0.4) is 0 Å². The van der Waals surface area contributed by atoms with E-state index in [0.29, 0.717) is 10.8 Å². The smallest absolute Gasteiger partial charge is 0.0543 e. The van der Waals surface area contributed by atoms with Crippen LogP contribution in [0.2, 0.25) is 0 Å². The monoisotopic (exact) mass is 393 g/mol. The third kappa shape index (κ3) is 2.92. The molecule has 1 aromatic carbocycles. The van der Waals surface area contributed by atoms with Gasteiger partial charge >= 0.3 is 0 Å². The Morgan fingerprint density at radius 3 is 2.41 bits per heavy atom. The van der Waals surface area contributed by atoms with E-state index in [2.05, 4.69) is 63.2 Å². The number of benzene rings is 1. The normalized spacial score (nSPS) is 43.8. The van der Waals surface area contributed by atoms with E-state index in [-0.39, 0.29) is 6.10 Å². The van der Waals surface area contributed by atoms with Gasteiger partial charge in [-0.3, -0.25) is 0 Å². The molecule has 5 rings (SSSR count). The first-order valence-corrected chi connectivity index (χ1v) is 12.0. The lowest BCUT2D eigenvalue weighted by atomic mass is 9.44. The van der Waals surface area contributed by atoms with Gasteiger partial charge in [0, 0.05) is 19.8 Å². The Kier molecular flexibility index (Phi) is 4.66. The lowest BCUT2D eigenvalue weighted by Gasteiger charge is -2.60. The van der Waals surface area contributed by atoms with Crippen LogP contribution < -0.4 is 4.90 Å². The van der Waals surface area contributed by atoms with Gasteiger partial charge in [-0.05, 0) is 109 Å². The molecule has 3 saturated carbocycles. The number of hydrogen-bond acceptors (Lipinski definition) is 2. The number of fused-ring (bicyclic) bond motifs is 5. The molecule has 0 heterocycles. The fraction of sp³-hybridized carbons (Fsp3) is 0.704. The molecule has 158 valence electrons. The summed E-state index contributed by atoms with van der Waals surface area (Å²) in [7, 11) is 4.23. The van der Waals surface area contributed by atoms with Crippen molar-refractivity contribution in [2.24, 2.45) is 34.5 Å². The van der Waals surface area contributed by atoms with Gasteiger partial charge < -0.3 is 10.0 Å². The second-order valence-electron chi connectivity index (χ2n) is 11.3. The molecular formula is C27H39NO. The van der Waals surface area contributed by atoms with Crippen LogP contribution in [0, 0.1) is 34.5 Å². The minimum atomic E-state index is -0.0385. The largest absolute Gasteiger partial charge is 0.393 e. The van der Waals surface area contributed by atoms with Gasteiger partial charge in [0.25, 0.3) is 0 Å². The van der Waals surface area contributed by atoms with Crippen molar-refractivity contribution in [1.29, 1.82) is 0 Å². The summed E-state index contributed by atoms with van der Waals surface area (Å²) in [6.45, 7) is 5.16. The maximum atomic E-state index is 10.3. The van der Waals surface area contributed by atoms with Crippen molar-refractivity contribution in [3.63, 3.8) is 0 Å². The molecule has 0 bridgehead atoms. The zero-order valence-electron chi connectivity index (χ0n) is 18.8. The summed E-state index contributed by atoms with van der Waals surface area (Å²) in [5.41, 5.74) is 5.17. The number of aliphatic hydroxyl groups is 1. The summed E-state index contributed by atoms with van der Waals surface area (Å²) in [5, 5.41) is 10.3. The van der Waals surface area contributed by atoms with E-state index >= 15 is 0 Å².